The monoisotopic (exact) mass is 1300 g/mol. The third-order valence-electron chi connectivity index (χ3n) is 22.5. The molecule has 98 heavy (non-hydrogen) atoms. The summed E-state index contributed by atoms with van der Waals surface area (Å²) in [5.74, 6) is -3.36. The molecule has 0 saturated heterocycles. The number of ether oxygens (including phenoxy) is 4. The van der Waals surface area contributed by atoms with Crippen LogP contribution in [-0.2, 0) is 18.9 Å². The largest absolute Gasteiger partial charge is 0.458 e. The summed E-state index contributed by atoms with van der Waals surface area (Å²) in [6, 6.07) is 86.3. The average Bonchev–Trinajstić information content (AvgIpc) is 0.800. The summed E-state index contributed by atoms with van der Waals surface area (Å²) in [6.45, 7) is 8.81. The highest BCUT2D eigenvalue weighted by Crippen LogP contribution is 2.49. The van der Waals surface area contributed by atoms with Crippen molar-refractivity contribution in [3.8, 4) is 0 Å². The van der Waals surface area contributed by atoms with Crippen LogP contribution in [0.15, 0.2) is 255 Å². The Labute approximate surface area is 580 Å². The number of benzene rings is 9. The lowest BCUT2D eigenvalue weighted by atomic mass is 9.69. The molecule has 12 atom stereocenters. The van der Waals surface area contributed by atoms with Gasteiger partial charge < -0.3 is 18.9 Å². The van der Waals surface area contributed by atoms with Crippen molar-refractivity contribution in [3.63, 3.8) is 0 Å². The van der Waals surface area contributed by atoms with E-state index < -0.39 is 48.3 Å². The van der Waals surface area contributed by atoms with E-state index in [9.17, 15) is 0 Å². The highest BCUT2D eigenvalue weighted by Gasteiger charge is 2.45. The predicted octanol–water partition coefficient (Wildman–Crippen LogP) is 20.9. The highest BCUT2D eigenvalue weighted by molar-refractivity contribution is 6.10. The van der Waals surface area contributed by atoms with E-state index in [-0.39, 0.29) is 93.3 Å². The van der Waals surface area contributed by atoms with Crippen molar-refractivity contribution in [1.82, 2.24) is 0 Å². The van der Waals surface area contributed by atoms with Crippen molar-refractivity contribution < 1.29 is 38.1 Å². The fourth-order valence-electron chi connectivity index (χ4n) is 17.6. The highest BCUT2D eigenvalue weighted by atomic mass is 16.6. The molecule has 9 aromatic rings. The Kier molecular flexibility index (Phi) is 21.7. The van der Waals surface area contributed by atoms with Crippen LogP contribution in [0.2, 0.25) is 0 Å². The molecule has 0 bridgehead atoms. The fraction of sp³-hybridized carbons (Fsp3) is 0.356. The van der Waals surface area contributed by atoms with Gasteiger partial charge in [0.15, 0.2) is 0 Å². The van der Waals surface area contributed by atoms with Crippen molar-refractivity contribution in [2.24, 2.45) is 47.3 Å². The van der Waals surface area contributed by atoms with Gasteiger partial charge in [0.05, 0.1) is 22.3 Å². The van der Waals surface area contributed by atoms with Gasteiger partial charge in [-0.3, -0.25) is 0 Å². The van der Waals surface area contributed by atoms with Crippen molar-refractivity contribution in [2.45, 2.75) is 153 Å². The zero-order valence-corrected chi connectivity index (χ0v) is 57.2. The summed E-state index contributed by atoms with van der Waals surface area (Å²) in [4.78, 5) is 65.0. The number of rotatable bonds is 20. The van der Waals surface area contributed by atoms with Crippen LogP contribution in [0, 0.1) is 47.3 Å². The van der Waals surface area contributed by atoms with E-state index >= 15 is 19.2 Å². The van der Waals surface area contributed by atoms with E-state index in [2.05, 4.69) is 222 Å². The third kappa shape index (κ3) is 15.6. The molecule has 0 aromatic heterocycles. The number of hydrogen-bond acceptors (Lipinski definition) is 8. The van der Waals surface area contributed by atoms with Gasteiger partial charge in [0.2, 0.25) is 0 Å². The Morgan fingerprint density at radius 2 is 0.398 bits per heavy atom. The molecule has 0 heterocycles. The summed E-state index contributed by atoms with van der Waals surface area (Å²) in [7, 11) is 0. The number of esters is 4. The van der Waals surface area contributed by atoms with Gasteiger partial charge in [0.1, 0.15) is 24.4 Å². The molecule has 4 aliphatic rings. The zero-order chi connectivity index (χ0) is 67.5. The van der Waals surface area contributed by atoms with Crippen molar-refractivity contribution >= 4 is 23.9 Å². The maximum atomic E-state index is 16.3. The maximum Gasteiger partial charge on any atom is 0.339 e. The van der Waals surface area contributed by atoms with Gasteiger partial charge in [-0.25, -0.2) is 19.2 Å². The van der Waals surface area contributed by atoms with E-state index in [1.807, 2.05) is 48.5 Å². The molecule has 502 valence electrons. The molecular weight excluding hydrogens is 1210 g/mol. The van der Waals surface area contributed by atoms with E-state index in [1.54, 1.807) is 0 Å². The molecule has 4 saturated carbocycles. The third-order valence-corrected chi connectivity index (χ3v) is 22.5. The first-order chi connectivity index (χ1) is 47.9. The zero-order valence-electron chi connectivity index (χ0n) is 57.2. The molecular formula is C90H94O8. The topological polar surface area (TPSA) is 105 Å². The summed E-state index contributed by atoms with van der Waals surface area (Å²) in [5, 5.41) is 0. The number of carbonyl (C=O) groups excluding carboxylic acids is 4. The average molecular weight is 1300 g/mol. The quantitative estimate of drug-likeness (QED) is 0.0549. The Hall–Kier alpha value is -9.14. The minimum Gasteiger partial charge on any atom is -0.458 e. The molecule has 8 nitrogen and oxygen atoms in total. The number of hydrogen-bond donors (Lipinski definition) is 0. The van der Waals surface area contributed by atoms with Crippen LogP contribution < -0.4 is 0 Å². The molecule has 0 radical (unpaired) electrons. The lowest BCUT2D eigenvalue weighted by molar-refractivity contribution is -0.0156. The molecule has 0 aliphatic heterocycles. The smallest absolute Gasteiger partial charge is 0.339 e. The van der Waals surface area contributed by atoms with Gasteiger partial charge in [0, 0.05) is 47.3 Å². The van der Waals surface area contributed by atoms with E-state index in [0.717, 1.165) is 95.9 Å². The van der Waals surface area contributed by atoms with Crippen molar-refractivity contribution in [3.05, 3.63) is 322 Å². The summed E-state index contributed by atoms with van der Waals surface area (Å²) in [6.07, 6.45) is 6.72. The normalized spacial score (nSPS) is 24.2. The van der Waals surface area contributed by atoms with Gasteiger partial charge in [0.25, 0.3) is 0 Å². The summed E-state index contributed by atoms with van der Waals surface area (Å²) < 4.78 is 28.2. The molecule has 4 aliphatic carbocycles. The van der Waals surface area contributed by atoms with Crippen LogP contribution in [0.3, 0.4) is 0 Å². The lowest BCUT2D eigenvalue weighted by Gasteiger charge is -2.40. The molecule has 0 amide bonds. The molecule has 0 N–H and O–H groups in total. The van der Waals surface area contributed by atoms with Crippen LogP contribution in [-0.4, -0.2) is 48.3 Å². The lowest BCUT2D eigenvalue weighted by Crippen LogP contribution is -2.39. The SMILES string of the molecule is C[C@@H]1CC[C@@H](C(c2ccccc2)c2ccccc2)[C@H](OC(=O)c2cc(C(=O)O[C@@H]3C[C@H](C)CC[C@H]3C(c3ccccc3)c3ccccc3)c(C(=O)O[C@@H]3C[C@H](C)CC[C@H]3C(c3ccccc3)c3ccccc3)cc2C(=O)O[C@@H]2C[C@H](C)CC[C@H]2C(c2ccccc2)c2ccccc2)C1. The Morgan fingerprint density at radius 1 is 0.245 bits per heavy atom. The van der Waals surface area contributed by atoms with E-state index in [0.29, 0.717) is 25.7 Å². The molecule has 0 unspecified atom stereocenters. The Bertz CT molecular complexity index is 3370. The maximum absolute atomic E-state index is 16.3. The Morgan fingerprint density at radius 3 is 0.551 bits per heavy atom. The summed E-state index contributed by atoms with van der Waals surface area (Å²) >= 11 is 0. The van der Waals surface area contributed by atoms with E-state index in [4.69, 9.17) is 18.9 Å². The first-order valence-corrected chi connectivity index (χ1v) is 36.3. The van der Waals surface area contributed by atoms with Crippen LogP contribution in [0.5, 0.6) is 0 Å². The van der Waals surface area contributed by atoms with Crippen molar-refractivity contribution in [2.75, 3.05) is 0 Å². The van der Waals surface area contributed by atoms with Gasteiger partial charge in [-0.1, -0.05) is 296 Å². The fourth-order valence-corrected chi connectivity index (χ4v) is 17.6. The van der Waals surface area contributed by atoms with Gasteiger partial charge in [-0.2, -0.15) is 0 Å². The number of carbonyl (C=O) groups is 4. The molecule has 9 aromatic carbocycles. The second-order valence-corrected chi connectivity index (χ2v) is 29.2. The molecule has 0 spiro atoms. The Balaban J connectivity index is 0.957. The van der Waals surface area contributed by atoms with Crippen LogP contribution >= 0.6 is 0 Å². The molecule has 8 heteroatoms. The summed E-state index contributed by atoms with van der Waals surface area (Å²) in [5.41, 5.74) is 8.27. The minimum absolute atomic E-state index is 0.127. The van der Waals surface area contributed by atoms with E-state index in [1.165, 1.54) is 12.1 Å². The van der Waals surface area contributed by atoms with Crippen LogP contribution in [0.4, 0.5) is 0 Å². The van der Waals surface area contributed by atoms with Crippen molar-refractivity contribution in [1.29, 1.82) is 0 Å². The molecule has 13 rings (SSSR count). The second kappa shape index (κ2) is 31.6. The van der Waals surface area contributed by atoms with Gasteiger partial charge in [-0.15, -0.1) is 0 Å². The van der Waals surface area contributed by atoms with Crippen LogP contribution in [0.25, 0.3) is 0 Å². The minimum atomic E-state index is -0.776. The van der Waals surface area contributed by atoms with Gasteiger partial charge >= 0.3 is 23.9 Å². The first kappa shape index (κ1) is 67.4. The van der Waals surface area contributed by atoms with Gasteiger partial charge in [-0.05, 0) is 132 Å². The first-order valence-electron chi connectivity index (χ1n) is 36.3. The predicted molar refractivity (Wildman–Crippen MR) is 388 cm³/mol. The standard InChI is InChI=1S/C90H94O8/c1-59-45-49-71(83(63-29-13-5-14-30-63)64-31-15-6-16-32-64)79(53-59)95-87(91)75-57-77(89(93)97-81-55-61(3)47-51-73(81)85(67-37-21-9-22-38-67)68-39-23-10-24-40-68)78(90(94)98-82-56-62(4)48-52-74(82)86(69-41-25-11-26-42-69)70-43-27-12-28-44-70)58-76(75)88(92)96-80-54-60(2)46-50-72(80)84(65-33-17-7-18-34-65)66-35-19-8-20-36-66/h5-44,57-62,71-74,79-86H,45-56H2,1-4H3/t59-,60-,61-,62-,71-,72-,73-,74-,79-,80-,81-,82-/m1/s1. The van der Waals surface area contributed by atoms with Crippen LogP contribution in [0.1, 0.15) is 214 Å². The molecule has 4 fully saturated rings. The second-order valence-electron chi connectivity index (χ2n) is 29.2.